The van der Waals surface area contributed by atoms with E-state index in [4.69, 9.17) is 5.84 Å². The maximum Gasteiger partial charge on any atom is 0.0442 e. The summed E-state index contributed by atoms with van der Waals surface area (Å²) in [7, 11) is 0. The molecule has 0 radical (unpaired) electrons. The van der Waals surface area contributed by atoms with Gasteiger partial charge in [-0.15, -0.1) is 0 Å². The van der Waals surface area contributed by atoms with Gasteiger partial charge in [-0.3, -0.25) is 11.3 Å². The Balaban J connectivity index is 3.07. The molecule has 1 rings (SSSR count). The Labute approximate surface area is 86.6 Å². The predicted molar refractivity (Wildman–Crippen MR) is 59.6 cm³/mol. The lowest BCUT2D eigenvalue weighted by atomic mass is 10.1. The molecule has 3 N–H and O–H groups in total. The second-order valence-electron chi connectivity index (χ2n) is 2.87. The summed E-state index contributed by atoms with van der Waals surface area (Å²) in [4.78, 5) is 0. The minimum atomic E-state index is 0.219. The zero-order valence-electron chi connectivity index (χ0n) is 7.26. The third-order valence-corrected chi connectivity index (χ3v) is 3.41. The van der Waals surface area contributed by atoms with Crippen LogP contribution in [0.5, 0.6) is 0 Å². The predicted octanol–water partition coefficient (Wildman–Crippen LogP) is 2.12. The molecule has 0 aliphatic heterocycles. The van der Waals surface area contributed by atoms with E-state index in [1.165, 1.54) is 14.7 Å². The van der Waals surface area contributed by atoms with Gasteiger partial charge in [0.2, 0.25) is 0 Å². The van der Waals surface area contributed by atoms with E-state index in [0.717, 1.165) is 0 Å². The molecule has 1 unspecified atom stereocenters. The van der Waals surface area contributed by atoms with Crippen LogP contribution in [0.2, 0.25) is 0 Å². The summed E-state index contributed by atoms with van der Waals surface area (Å²) in [6.07, 6.45) is 0. The topological polar surface area (TPSA) is 38.0 Å². The van der Waals surface area contributed by atoms with Gasteiger partial charge in [0.15, 0.2) is 0 Å². The van der Waals surface area contributed by atoms with E-state index < -0.39 is 0 Å². The molecule has 0 aromatic heterocycles. The Bertz CT molecular complexity index is 273. The van der Waals surface area contributed by atoms with Crippen LogP contribution in [0, 0.1) is 10.5 Å². The van der Waals surface area contributed by atoms with Gasteiger partial charge in [0.05, 0.1) is 0 Å². The molecular weight excluding hydrogens is 263 g/mol. The first-order valence-electron chi connectivity index (χ1n) is 3.88. The van der Waals surface area contributed by atoms with Crippen molar-refractivity contribution in [3.05, 3.63) is 32.9 Å². The van der Waals surface area contributed by atoms with Crippen LogP contribution in [0.1, 0.15) is 24.1 Å². The highest BCUT2D eigenvalue weighted by Crippen LogP contribution is 2.21. The smallest absolute Gasteiger partial charge is 0.0442 e. The van der Waals surface area contributed by atoms with Gasteiger partial charge < -0.3 is 0 Å². The largest absolute Gasteiger partial charge is 0.271 e. The van der Waals surface area contributed by atoms with E-state index in [-0.39, 0.29) is 6.04 Å². The molecule has 0 aliphatic carbocycles. The normalized spacial score (nSPS) is 13.0. The molecule has 0 fully saturated rings. The van der Waals surface area contributed by atoms with Crippen LogP contribution in [-0.4, -0.2) is 0 Å². The van der Waals surface area contributed by atoms with Gasteiger partial charge in [-0.25, -0.2) is 0 Å². The third kappa shape index (κ3) is 1.97. The van der Waals surface area contributed by atoms with Crippen molar-refractivity contribution in [3.8, 4) is 0 Å². The molecule has 0 spiro atoms. The summed E-state index contributed by atoms with van der Waals surface area (Å²) >= 11 is 2.35. The van der Waals surface area contributed by atoms with E-state index >= 15 is 0 Å². The first-order chi connectivity index (χ1) is 5.66. The van der Waals surface area contributed by atoms with Gasteiger partial charge in [-0.05, 0) is 47.6 Å². The number of hydrogen-bond donors (Lipinski definition) is 2. The van der Waals surface area contributed by atoms with E-state index in [2.05, 4.69) is 60.1 Å². The van der Waals surface area contributed by atoms with Gasteiger partial charge in [0, 0.05) is 9.61 Å². The number of nitrogens with one attached hydrogen (secondary N) is 1. The molecule has 2 nitrogen and oxygen atoms in total. The molecule has 0 saturated carbocycles. The molecule has 0 aliphatic rings. The highest BCUT2D eigenvalue weighted by atomic mass is 127. The standard InChI is InChI=1S/C9H13IN2/c1-6-4-3-5-8(9(6)10)7(2)12-11/h3-5,7,12H,11H2,1-2H3. The number of nitrogens with two attached hydrogens (primary N) is 1. The summed E-state index contributed by atoms with van der Waals surface area (Å²) in [5, 5.41) is 0. The van der Waals surface area contributed by atoms with Gasteiger partial charge >= 0.3 is 0 Å². The minimum absolute atomic E-state index is 0.219. The second kappa shape index (κ2) is 4.20. The van der Waals surface area contributed by atoms with E-state index in [1.54, 1.807) is 0 Å². The summed E-state index contributed by atoms with van der Waals surface area (Å²) in [6, 6.07) is 6.48. The van der Waals surface area contributed by atoms with Crippen molar-refractivity contribution in [2.24, 2.45) is 5.84 Å². The summed E-state index contributed by atoms with van der Waals surface area (Å²) < 4.78 is 1.29. The molecule has 0 saturated heterocycles. The lowest BCUT2D eigenvalue weighted by molar-refractivity contribution is 0.599. The Kier molecular flexibility index (Phi) is 3.49. The molecular formula is C9H13IN2. The summed E-state index contributed by atoms with van der Waals surface area (Å²) in [6.45, 7) is 4.16. The lowest BCUT2D eigenvalue weighted by Crippen LogP contribution is -2.26. The molecule has 0 bridgehead atoms. The van der Waals surface area contributed by atoms with Gasteiger partial charge in [-0.1, -0.05) is 18.2 Å². The molecule has 0 amide bonds. The molecule has 1 aromatic carbocycles. The van der Waals surface area contributed by atoms with Crippen LogP contribution < -0.4 is 11.3 Å². The van der Waals surface area contributed by atoms with Gasteiger partial charge in [0.1, 0.15) is 0 Å². The van der Waals surface area contributed by atoms with E-state index in [1.807, 2.05) is 0 Å². The fourth-order valence-electron chi connectivity index (χ4n) is 1.09. The lowest BCUT2D eigenvalue weighted by Gasteiger charge is -2.13. The number of hydrogen-bond acceptors (Lipinski definition) is 2. The quantitative estimate of drug-likeness (QED) is 0.493. The average Bonchev–Trinajstić information content (AvgIpc) is 2.08. The first-order valence-corrected chi connectivity index (χ1v) is 4.96. The highest BCUT2D eigenvalue weighted by Gasteiger charge is 2.07. The number of halogens is 1. The Morgan fingerprint density at radius 3 is 2.75 bits per heavy atom. The minimum Gasteiger partial charge on any atom is -0.271 e. The van der Waals surface area contributed by atoms with Crippen LogP contribution >= 0.6 is 22.6 Å². The van der Waals surface area contributed by atoms with Crippen LogP contribution in [0.4, 0.5) is 0 Å². The Morgan fingerprint density at radius 2 is 2.17 bits per heavy atom. The molecule has 1 atom stereocenters. The van der Waals surface area contributed by atoms with Crippen molar-refractivity contribution in [1.29, 1.82) is 0 Å². The van der Waals surface area contributed by atoms with Gasteiger partial charge in [0.25, 0.3) is 0 Å². The zero-order valence-corrected chi connectivity index (χ0v) is 9.42. The van der Waals surface area contributed by atoms with E-state index in [9.17, 15) is 0 Å². The molecule has 12 heavy (non-hydrogen) atoms. The molecule has 0 heterocycles. The third-order valence-electron chi connectivity index (χ3n) is 1.94. The Hall–Kier alpha value is -0.130. The maximum atomic E-state index is 5.37. The monoisotopic (exact) mass is 276 g/mol. The fourth-order valence-corrected chi connectivity index (χ4v) is 1.92. The zero-order chi connectivity index (χ0) is 9.14. The van der Waals surface area contributed by atoms with Crippen molar-refractivity contribution in [2.75, 3.05) is 0 Å². The number of rotatable bonds is 2. The van der Waals surface area contributed by atoms with Gasteiger partial charge in [-0.2, -0.15) is 0 Å². The highest BCUT2D eigenvalue weighted by molar-refractivity contribution is 14.1. The van der Waals surface area contributed by atoms with E-state index in [0.29, 0.717) is 0 Å². The average molecular weight is 276 g/mol. The molecule has 1 aromatic rings. The maximum absolute atomic E-state index is 5.37. The first kappa shape index (κ1) is 9.95. The van der Waals surface area contributed by atoms with Crippen LogP contribution in [0.15, 0.2) is 18.2 Å². The second-order valence-corrected chi connectivity index (χ2v) is 3.95. The number of hydrazine groups is 1. The summed E-state index contributed by atoms with van der Waals surface area (Å²) in [5.74, 6) is 5.37. The van der Waals surface area contributed by atoms with Crippen LogP contribution in [0.25, 0.3) is 0 Å². The van der Waals surface area contributed by atoms with Crippen molar-refractivity contribution >= 4 is 22.6 Å². The molecule has 66 valence electrons. The van der Waals surface area contributed by atoms with Crippen LogP contribution in [0.3, 0.4) is 0 Å². The van der Waals surface area contributed by atoms with Crippen molar-refractivity contribution < 1.29 is 0 Å². The van der Waals surface area contributed by atoms with Crippen LogP contribution in [-0.2, 0) is 0 Å². The van der Waals surface area contributed by atoms with Crippen molar-refractivity contribution in [3.63, 3.8) is 0 Å². The van der Waals surface area contributed by atoms with Crippen molar-refractivity contribution in [1.82, 2.24) is 5.43 Å². The van der Waals surface area contributed by atoms with Crippen molar-refractivity contribution in [2.45, 2.75) is 19.9 Å². The Morgan fingerprint density at radius 1 is 1.50 bits per heavy atom. The number of aryl methyl sites for hydroxylation is 1. The SMILES string of the molecule is Cc1cccc(C(C)NN)c1I. The fraction of sp³-hybridized carbons (Fsp3) is 0.333. The molecule has 3 heteroatoms. The number of benzene rings is 1. The summed E-state index contributed by atoms with van der Waals surface area (Å²) in [5.41, 5.74) is 5.31.